The van der Waals surface area contributed by atoms with Crippen LogP contribution < -0.4 is 5.63 Å². The lowest BCUT2D eigenvalue weighted by Gasteiger charge is -2.05. The molecule has 1 heterocycles. The minimum atomic E-state index is -0.667. The molecule has 3 rings (SSSR count). The molecule has 0 amide bonds. The van der Waals surface area contributed by atoms with E-state index in [1.807, 2.05) is 6.92 Å². The van der Waals surface area contributed by atoms with Crippen LogP contribution in [0.5, 0.6) is 5.75 Å². The second kappa shape index (κ2) is 8.52. The monoisotopic (exact) mass is 379 g/mol. The summed E-state index contributed by atoms with van der Waals surface area (Å²) in [6.07, 6.45) is 3.04. The van der Waals surface area contributed by atoms with E-state index in [1.54, 1.807) is 49.4 Å². The molecular formula is C22H21NO5. The van der Waals surface area contributed by atoms with Gasteiger partial charge in [-0.15, -0.1) is 0 Å². The lowest BCUT2D eigenvalue weighted by molar-refractivity contribution is 0.0500. The maximum absolute atomic E-state index is 12.2. The highest BCUT2D eigenvalue weighted by atomic mass is 16.5. The first kappa shape index (κ1) is 19.4. The van der Waals surface area contributed by atoms with Crippen molar-refractivity contribution in [3.05, 3.63) is 69.6 Å². The number of benzene rings is 2. The van der Waals surface area contributed by atoms with Crippen LogP contribution in [0, 0.1) is 6.92 Å². The van der Waals surface area contributed by atoms with E-state index >= 15 is 0 Å². The van der Waals surface area contributed by atoms with Gasteiger partial charge in [-0.05, 0) is 49.2 Å². The fourth-order valence-corrected chi connectivity index (χ4v) is 2.69. The Morgan fingerprint density at radius 3 is 2.68 bits per heavy atom. The summed E-state index contributed by atoms with van der Waals surface area (Å²) < 4.78 is 10.5. The number of aryl methyl sites for hydroxylation is 1. The molecule has 3 aromatic rings. The van der Waals surface area contributed by atoms with Crippen molar-refractivity contribution >= 4 is 28.8 Å². The Hall–Kier alpha value is -3.41. The van der Waals surface area contributed by atoms with Crippen molar-refractivity contribution in [2.24, 2.45) is 4.99 Å². The molecule has 0 spiro atoms. The molecule has 0 fully saturated rings. The molecule has 0 aliphatic heterocycles. The van der Waals surface area contributed by atoms with E-state index in [0.717, 1.165) is 18.4 Å². The minimum Gasteiger partial charge on any atom is -0.506 e. The molecule has 6 nitrogen and oxygen atoms in total. The number of carbonyl (C=O) groups is 1. The second-order valence-corrected chi connectivity index (χ2v) is 6.40. The van der Waals surface area contributed by atoms with Crippen molar-refractivity contribution in [1.29, 1.82) is 0 Å². The first-order valence-electron chi connectivity index (χ1n) is 9.08. The zero-order chi connectivity index (χ0) is 20.1. The van der Waals surface area contributed by atoms with E-state index in [2.05, 4.69) is 4.99 Å². The summed E-state index contributed by atoms with van der Waals surface area (Å²) in [5.41, 5.74) is 1.37. The van der Waals surface area contributed by atoms with E-state index in [1.165, 1.54) is 6.21 Å². The third-order valence-corrected chi connectivity index (χ3v) is 4.31. The van der Waals surface area contributed by atoms with E-state index < -0.39 is 5.63 Å². The average molecular weight is 379 g/mol. The van der Waals surface area contributed by atoms with Crippen LogP contribution in [0.15, 0.2) is 56.7 Å². The maximum Gasteiger partial charge on any atom is 0.348 e. The number of aliphatic imine (C=N–C) groups is 1. The predicted octanol–water partition coefficient (Wildman–Crippen LogP) is 4.51. The van der Waals surface area contributed by atoms with Crippen molar-refractivity contribution in [2.75, 3.05) is 6.61 Å². The maximum atomic E-state index is 12.2. The summed E-state index contributed by atoms with van der Waals surface area (Å²) >= 11 is 0. The van der Waals surface area contributed by atoms with Crippen LogP contribution in [0.25, 0.3) is 11.0 Å². The SMILES string of the molecule is CCCCOC(=O)c1ccc(N=Cc2c(O)c3cccc(C)c3oc2=O)cc1. The van der Waals surface area contributed by atoms with E-state index in [-0.39, 0.29) is 17.3 Å². The molecule has 0 aliphatic carbocycles. The van der Waals surface area contributed by atoms with Gasteiger partial charge in [0.25, 0.3) is 0 Å². The Morgan fingerprint density at radius 2 is 1.96 bits per heavy atom. The van der Waals surface area contributed by atoms with Crippen molar-refractivity contribution in [1.82, 2.24) is 0 Å². The Kier molecular flexibility index (Phi) is 5.89. The van der Waals surface area contributed by atoms with Crippen LogP contribution in [0.2, 0.25) is 0 Å². The van der Waals surface area contributed by atoms with Gasteiger partial charge in [0.15, 0.2) is 0 Å². The summed E-state index contributed by atoms with van der Waals surface area (Å²) in [6, 6.07) is 11.7. The van der Waals surface area contributed by atoms with E-state index in [9.17, 15) is 14.7 Å². The Labute approximate surface area is 162 Å². The highest BCUT2D eigenvalue weighted by molar-refractivity contribution is 5.95. The number of rotatable bonds is 6. The largest absolute Gasteiger partial charge is 0.506 e. The van der Waals surface area contributed by atoms with Crippen LogP contribution in [-0.4, -0.2) is 23.9 Å². The molecule has 2 aromatic carbocycles. The first-order valence-corrected chi connectivity index (χ1v) is 9.08. The summed E-state index contributed by atoms with van der Waals surface area (Å²) in [4.78, 5) is 28.3. The number of esters is 1. The quantitative estimate of drug-likeness (QED) is 0.294. The Balaban J connectivity index is 1.82. The number of fused-ring (bicyclic) bond motifs is 1. The highest BCUT2D eigenvalue weighted by Gasteiger charge is 2.13. The van der Waals surface area contributed by atoms with Crippen molar-refractivity contribution in [3.8, 4) is 5.75 Å². The van der Waals surface area contributed by atoms with Gasteiger partial charge in [0.1, 0.15) is 16.9 Å². The molecule has 28 heavy (non-hydrogen) atoms. The fraction of sp³-hybridized carbons (Fsp3) is 0.227. The third kappa shape index (κ3) is 4.11. The summed E-state index contributed by atoms with van der Waals surface area (Å²) in [6.45, 7) is 4.22. The van der Waals surface area contributed by atoms with Crippen LogP contribution in [0.1, 0.15) is 41.3 Å². The number of ether oxygens (including phenoxy) is 1. The van der Waals surface area contributed by atoms with Crippen LogP contribution in [0.4, 0.5) is 5.69 Å². The number of hydrogen-bond donors (Lipinski definition) is 1. The smallest absolute Gasteiger partial charge is 0.348 e. The predicted molar refractivity (Wildman–Crippen MR) is 108 cm³/mol. The van der Waals surface area contributed by atoms with Gasteiger partial charge in [-0.3, -0.25) is 4.99 Å². The number of unbranched alkanes of at least 4 members (excludes halogenated alkanes) is 1. The number of aromatic hydroxyl groups is 1. The van der Waals surface area contributed by atoms with Crippen molar-refractivity contribution < 1.29 is 19.1 Å². The third-order valence-electron chi connectivity index (χ3n) is 4.31. The molecule has 6 heteroatoms. The lowest BCUT2D eigenvalue weighted by Crippen LogP contribution is -2.07. The van der Waals surface area contributed by atoms with Gasteiger partial charge in [0.2, 0.25) is 0 Å². The van der Waals surface area contributed by atoms with Gasteiger partial charge in [-0.2, -0.15) is 0 Å². The van der Waals surface area contributed by atoms with Gasteiger partial charge in [-0.1, -0.05) is 25.5 Å². The van der Waals surface area contributed by atoms with Crippen molar-refractivity contribution in [2.45, 2.75) is 26.7 Å². The molecule has 0 saturated heterocycles. The minimum absolute atomic E-state index is 0.0267. The van der Waals surface area contributed by atoms with Gasteiger partial charge in [-0.25, -0.2) is 9.59 Å². The van der Waals surface area contributed by atoms with Gasteiger partial charge < -0.3 is 14.3 Å². The Morgan fingerprint density at radius 1 is 1.21 bits per heavy atom. The van der Waals surface area contributed by atoms with Gasteiger partial charge in [0.05, 0.1) is 23.2 Å². The summed E-state index contributed by atoms with van der Waals surface area (Å²) in [7, 11) is 0. The fourth-order valence-electron chi connectivity index (χ4n) is 2.69. The van der Waals surface area contributed by atoms with Crippen LogP contribution >= 0.6 is 0 Å². The molecule has 0 bridgehead atoms. The molecule has 0 aliphatic rings. The molecule has 0 saturated carbocycles. The first-order chi connectivity index (χ1) is 13.5. The topological polar surface area (TPSA) is 89.1 Å². The lowest BCUT2D eigenvalue weighted by atomic mass is 10.1. The standard InChI is InChI=1S/C22H21NO5/c1-3-4-12-27-21(25)15-8-10-16(11-9-15)23-13-18-19(24)17-7-5-6-14(2)20(17)28-22(18)26/h5-11,13,24H,3-4,12H2,1-2H3. The number of hydrogen-bond acceptors (Lipinski definition) is 6. The van der Waals surface area contributed by atoms with E-state index in [4.69, 9.17) is 9.15 Å². The number of para-hydroxylation sites is 1. The molecule has 1 aromatic heterocycles. The number of nitrogens with zero attached hydrogens (tertiary/aromatic N) is 1. The van der Waals surface area contributed by atoms with Crippen molar-refractivity contribution in [3.63, 3.8) is 0 Å². The zero-order valence-corrected chi connectivity index (χ0v) is 15.8. The second-order valence-electron chi connectivity index (χ2n) is 6.40. The number of carbonyl (C=O) groups excluding carboxylic acids is 1. The summed E-state index contributed by atoms with van der Waals surface area (Å²) in [5, 5.41) is 10.9. The zero-order valence-electron chi connectivity index (χ0n) is 15.8. The van der Waals surface area contributed by atoms with Crippen LogP contribution in [-0.2, 0) is 4.74 Å². The molecule has 0 unspecified atom stereocenters. The summed E-state index contributed by atoms with van der Waals surface area (Å²) in [5.74, 6) is -0.554. The highest BCUT2D eigenvalue weighted by Crippen LogP contribution is 2.27. The van der Waals surface area contributed by atoms with Crippen LogP contribution in [0.3, 0.4) is 0 Å². The molecule has 1 N–H and O–H groups in total. The Bertz CT molecular complexity index is 1080. The average Bonchev–Trinajstić information content (AvgIpc) is 2.69. The molecular weight excluding hydrogens is 358 g/mol. The van der Waals surface area contributed by atoms with Gasteiger partial charge in [0, 0.05) is 6.21 Å². The normalized spacial score (nSPS) is 11.2. The molecule has 0 radical (unpaired) electrons. The molecule has 0 atom stereocenters. The molecule has 144 valence electrons. The van der Waals surface area contributed by atoms with E-state index in [0.29, 0.717) is 28.8 Å². The van der Waals surface area contributed by atoms with Gasteiger partial charge >= 0.3 is 11.6 Å².